The number of carbonyl (C=O) groups is 3. The van der Waals surface area contributed by atoms with Gasteiger partial charge in [0.15, 0.2) is 0 Å². The summed E-state index contributed by atoms with van der Waals surface area (Å²) in [7, 11) is 2.14. The molecule has 0 aromatic heterocycles. The minimum atomic E-state index is -0.526. The topological polar surface area (TPSA) is 71.4 Å². The van der Waals surface area contributed by atoms with Crippen LogP contribution >= 0.6 is 0 Å². The molecule has 0 bridgehead atoms. The molecular weight excluding hydrogens is 538 g/mol. The average molecular weight is 583 g/mol. The molecule has 3 aliphatic heterocycles. The van der Waals surface area contributed by atoms with Gasteiger partial charge in [0, 0.05) is 48.7 Å². The summed E-state index contributed by atoms with van der Waals surface area (Å²) in [4.78, 5) is 44.3. The van der Waals surface area contributed by atoms with Crippen molar-refractivity contribution in [1.29, 1.82) is 0 Å². The third-order valence-corrected chi connectivity index (χ3v) is 9.37. The van der Waals surface area contributed by atoms with E-state index in [4.69, 9.17) is 4.84 Å². The second-order valence-electron chi connectivity index (χ2n) is 12.9. The molecule has 0 aliphatic carbocycles. The number of nitrogens with zero attached hydrogens (tertiary/aromatic N) is 2. The Bertz CT molecular complexity index is 1470. The van der Waals surface area contributed by atoms with Gasteiger partial charge in [-0.15, -0.1) is 5.06 Å². The number of hydroxylamine groups is 2. The third kappa shape index (κ3) is 5.96. The number of unbranched alkanes of at least 4 members (excludes halogenated alkanes) is 2. The number of imide groups is 1. The van der Waals surface area contributed by atoms with Crippen molar-refractivity contribution in [3.8, 4) is 0 Å². The van der Waals surface area contributed by atoms with Crippen LogP contribution in [0.2, 0.25) is 0 Å². The average Bonchev–Trinajstić information content (AvgIpc) is 3.48. The van der Waals surface area contributed by atoms with Gasteiger partial charge in [-0.2, -0.15) is 0 Å². The molecule has 1 fully saturated rings. The zero-order valence-corrected chi connectivity index (χ0v) is 26.1. The van der Waals surface area contributed by atoms with E-state index < -0.39 is 17.8 Å². The maximum absolute atomic E-state index is 12.2. The number of benzene rings is 2. The van der Waals surface area contributed by atoms with E-state index in [9.17, 15) is 14.4 Å². The van der Waals surface area contributed by atoms with E-state index in [0.717, 1.165) is 19.4 Å². The minimum absolute atomic E-state index is 0.0252. The second kappa shape index (κ2) is 12.3. The molecule has 2 unspecified atom stereocenters. The van der Waals surface area contributed by atoms with E-state index in [2.05, 4.69) is 119 Å². The molecule has 1 saturated heterocycles. The molecule has 3 heterocycles. The molecule has 2 atom stereocenters. The summed E-state index contributed by atoms with van der Waals surface area (Å²) < 4.78 is 0. The number of allylic oxidation sites excluding steroid dienone is 5. The number of hydrogen-bond acceptors (Lipinski definition) is 5. The number of para-hydroxylation sites is 2. The van der Waals surface area contributed by atoms with Crippen molar-refractivity contribution >= 4 is 29.2 Å². The van der Waals surface area contributed by atoms with Gasteiger partial charge in [-0.1, -0.05) is 68.5 Å². The van der Waals surface area contributed by atoms with Crippen LogP contribution in [-0.4, -0.2) is 42.5 Å². The van der Waals surface area contributed by atoms with Gasteiger partial charge in [-0.25, -0.2) is 4.79 Å². The van der Waals surface area contributed by atoms with Crippen molar-refractivity contribution in [3.63, 3.8) is 0 Å². The number of anilines is 1. The van der Waals surface area contributed by atoms with Crippen molar-refractivity contribution in [2.24, 2.45) is 0 Å². The van der Waals surface area contributed by atoms with Crippen LogP contribution in [0, 0.1) is 0 Å². The number of hydrogen-bond donors (Lipinski definition) is 1. The predicted octanol–water partition coefficient (Wildman–Crippen LogP) is 5.45. The Morgan fingerprint density at radius 2 is 1.58 bits per heavy atom. The van der Waals surface area contributed by atoms with Crippen LogP contribution in [0.3, 0.4) is 0 Å². The lowest BCUT2D eigenvalue weighted by atomic mass is 9.80. The quantitative estimate of drug-likeness (QED) is 0.229. The molecule has 0 radical (unpaired) electrons. The molecule has 1 N–H and O–H groups in total. The Morgan fingerprint density at radius 1 is 0.907 bits per heavy atom. The SMILES string of the molecule is CN1/C(=C/C=C/C=C/C2[NH+](CCCCCC(=O)ON3C(=O)CCC3=O)c3ccccc3C2(C)C)C(C)(C)c2ccccc21. The Labute approximate surface area is 255 Å². The normalized spacial score (nSPS) is 23.1. The van der Waals surface area contributed by atoms with Gasteiger partial charge < -0.3 is 9.74 Å². The van der Waals surface area contributed by atoms with Crippen molar-refractivity contribution in [2.45, 2.75) is 83.1 Å². The molecule has 0 spiro atoms. The molecule has 43 heavy (non-hydrogen) atoms. The largest absolute Gasteiger partial charge is 0.347 e. The highest BCUT2D eigenvalue weighted by molar-refractivity contribution is 6.01. The summed E-state index contributed by atoms with van der Waals surface area (Å²) in [6.07, 6.45) is 13.9. The monoisotopic (exact) mass is 582 g/mol. The smallest absolute Gasteiger partial charge is 0.333 e. The van der Waals surface area contributed by atoms with Crippen LogP contribution in [-0.2, 0) is 30.1 Å². The number of nitrogens with one attached hydrogen (secondary N) is 1. The zero-order valence-electron chi connectivity index (χ0n) is 26.1. The lowest BCUT2D eigenvalue weighted by molar-refractivity contribution is -0.850. The Kier molecular flexibility index (Phi) is 8.74. The highest BCUT2D eigenvalue weighted by Crippen LogP contribution is 2.46. The number of likely N-dealkylation sites (N-methyl/N-ethyl adjacent to an activating group) is 1. The van der Waals surface area contributed by atoms with E-state index >= 15 is 0 Å². The van der Waals surface area contributed by atoms with Gasteiger partial charge >= 0.3 is 5.97 Å². The van der Waals surface area contributed by atoms with Crippen molar-refractivity contribution in [2.75, 3.05) is 18.5 Å². The van der Waals surface area contributed by atoms with Crippen LogP contribution in [0.15, 0.2) is 84.6 Å². The first-order valence-electron chi connectivity index (χ1n) is 15.4. The number of rotatable bonds is 10. The molecule has 2 amide bonds. The maximum Gasteiger partial charge on any atom is 0.333 e. The fourth-order valence-corrected chi connectivity index (χ4v) is 7.00. The highest BCUT2D eigenvalue weighted by atomic mass is 16.7. The first-order chi connectivity index (χ1) is 20.5. The van der Waals surface area contributed by atoms with Gasteiger partial charge in [0.05, 0.1) is 12.0 Å². The van der Waals surface area contributed by atoms with Crippen molar-refractivity contribution in [1.82, 2.24) is 5.06 Å². The standard InChI is InChI=1S/C36H43N3O4/c1-35(2)26-16-11-13-18-28(26)37(5)30(35)20-8-6-9-21-31-36(3,4)27-17-12-14-19-29(27)38(31)25-15-7-10-22-34(42)43-39-32(40)23-24-33(39)41/h6,8-9,11-14,16-21,31H,7,10,15,22-25H2,1-5H3/p+1/b8-6+,21-9+,30-20+. The number of carbonyl (C=O) groups excluding carboxylic acids is 3. The number of fused-ring (bicyclic) bond motifs is 2. The van der Waals surface area contributed by atoms with Crippen LogP contribution in [0.1, 0.15) is 77.3 Å². The molecule has 7 nitrogen and oxygen atoms in total. The van der Waals surface area contributed by atoms with Gasteiger partial charge in [-0.05, 0) is 63.0 Å². The molecule has 0 saturated carbocycles. The van der Waals surface area contributed by atoms with Crippen LogP contribution in [0.5, 0.6) is 0 Å². The first-order valence-corrected chi connectivity index (χ1v) is 15.4. The molecule has 2 aromatic rings. The van der Waals surface area contributed by atoms with Crippen molar-refractivity contribution < 1.29 is 24.1 Å². The first kappa shape index (κ1) is 30.5. The molecule has 5 rings (SSSR count). The van der Waals surface area contributed by atoms with Gasteiger partial charge in [-0.3, -0.25) is 14.5 Å². The second-order valence-corrected chi connectivity index (χ2v) is 12.9. The predicted molar refractivity (Wildman–Crippen MR) is 169 cm³/mol. The van der Waals surface area contributed by atoms with Crippen LogP contribution < -0.4 is 9.80 Å². The summed E-state index contributed by atoms with van der Waals surface area (Å²) in [6.45, 7) is 10.2. The highest BCUT2D eigenvalue weighted by Gasteiger charge is 2.47. The number of quaternary nitrogens is 1. The Hall–Kier alpha value is -3.97. The lowest BCUT2D eigenvalue weighted by Crippen LogP contribution is -3.10. The van der Waals surface area contributed by atoms with E-state index in [0.29, 0.717) is 11.5 Å². The summed E-state index contributed by atoms with van der Waals surface area (Å²) in [5, 5.41) is 0.628. The van der Waals surface area contributed by atoms with Gasteiger partial charge in [0.2, 0.25) is 0 Å². The van der Waals surface area contributed by atoms with E-state index in [1.807, 2.05) is 0 Å². The fraction of sp³-hybridized carbons (Fsp3) is 0.417. The molecular formula is C36H44N3O4+. The van der Waals surface area contributed by atoms with Gasteiger partial charge in [0.1, 0.15) is 11.7 Å². The van der Waals surface area contributed by atoms with Gasteiger partial charge in [0.25, 0.3) is 11.8 Å². The third-order valence-electron chi connectivity index (χ3n) is 9.37. The zero-order chi connectivity index (χ0) is 30.8. The summed E-state index contributed by atoms with van der Waals surface area (Å²) in [5.41, 5.74) is 6.54. The fourth-order valence-electron chi connectivity index (χ4n) is 7.00. The van der Waals surface area contributed by atoms with E-state index in [-0.39, 0.29) is 36.1 Å². The molecule has 3 aliphatic rings. The minimum Gasteiger partial charge on any atom is -0.347 e. The van der Waals surface area contributed by atoms with E-state index in [1.54, 1.807) is 0 Å². The summed E-state index contributed by atoms with van der Waals surface area (Å²) in [6, 6.07) is 17.6. The lowest BCUT2D eigenvalue weighted by Gasteiger charge is -2.27. The summed E-state index contributed by atoms with van der Waals surface area (Å²) in [5.74, 6) is -1.41. The molecule has 7 heteroatoms. The van der Waals surface area contributed by atoms with Crippen LogP contribution in [0.25, 0.3) is 0 Å². The Morgan fingerprint density at radius 3 is 2.30 bits per heavy atom. The van der Waals surface area contributed by atoms with E-state index in [1.165, 1.54) is 33.1 Å². The number of amides is 2. The summed E-state index contributed by atoms with van der Waals surface area (Å²) >= 11 is 0. The van der Waals surface area contributed by atoms with Crippen molar-refractivity contribution in [3.05, 3.63) is 95.7 Å². The maximum atomic E-state index is 12.2. The molecule has 2 aromatic carbocycles. The molecule has 226 valence electrons. The Balaban J connectivity index is 1.20. The van der Waals surface area contributed by atoms with Crippen LogP contribution in [0.4, 0.5) is 11.4 Å².